The Kier molecular flexibility index (Phi) is 80.7. The van der Waals surface area contributed by atoms with E-state index in [9.17, 15) is 0 Å². The Morgan fingerprint density at radius 1 is 0.364 bits per heavy atom. The molecule has 136 valence electrons. The van der Waals surface area contributed by atoms with Crippen molar-refractivity contribution in [3.05, 3.63) is 0 Å². The maximum absolute atomic E-state index is 8.52. The zero-order chi connectivity index (χ0) is 13.5. The van der Waals surface area contributed by atoms with Gasteiger partial charge in [-0.3, -0.25) is 25.3 Å². The zero-order valence-corrected chi connectivity index (χ0v) is 18.8. The van der Waals surface area contributed by atoms with E-state index >= 15 is 0 Å². The Bertz CT molecular complexity index is 343. The maximum Gasteiger partial charge on any atom is 3.00 e. The van der Waals surface area contributed by atoms with Gasteiger partial charge in [0.2, 0.25) is 0 Å². The standard InChI is InChI=1S/2In.3H2O4S.5H2O/c;;3*1-5(2,3)4;;;;;/h;;3*(H2,1,2,3,4);5*1H2/q2*+3;;;;;;;;/p-6. The van der Waals surface area contributed by atoms with E-state index in [0.717, 1.165) is 0 Å². The third kappa shape index (κ3) is 6490. The minimum Gasteiger partial charge on any atom is -0.759 e. The summed E-state index contributed by atoms with van der Waals surface area (Å²) in [6.07, 6.45) is 0. The topological polar surface area (TPSA) is 398 Å². The Hall–Kier alpha value is 1.15. The van der Waals surface area contributed by atoms with Gasteiger partial charge in [0.1, 0.15) is 0 Å². The molecule has 0 bridgehead atoms. The Balaban J connectivity index is -0.0000000106. The second-order valence-corrected chi connectivity index (χ2v) is 3.67. The predicted octanol–water partition coefficient (Wildman–Crippen LogP) is -8.90. The predicted molar refractivity (Wildman–Crippen MR) is 61.0 cm³/mol. The Morgan fingerprint density at radius 3 is 0.364 bits per heavy atom. The van der Waals surface area contributed by atoms with Crippen LogP contribution in [0, 0.1) is 0 Å². The molecule has 0 amide bonds. The van der Waals surface area contributed by atoms with Gasteiger partial charge < -0.3 is 54.7 Å². The number of hydrogen-bond donors (Lipinski definition) is 0. The number of rotatable bonds is 0. The first-order valence-corrected chi connectivity index (χ1v) is 6.00. The smallest absolute Gasteiger partial charge is 0.759 e. The summed E-state index contributed by atoms with van der Waals surface area (Å²) in [6, 6.07) is 0. The van der Waals surface area contributed by atoms with Crippen LogP contribution in [-0.2, 0) is 31.2 Å². The molecule has 0 atom stereocenters. The van der Waals surface area contributed by atoms with Gasteiger partial charge in [0.05, 0.1) is 0 Å². The molecule has 0 unspecified atom stereocenters. The molecule has 0 aliphatic rings. The fourth-order valence-corrected chi connectivity index (χ4v) is 0. The van der Waals surface area contributed by atoms with Crippen LogP contribution in [0.25, 0.3) is 0 Å². The third-order valence-electron chi connectivity index (χ3n) is 0. The van der Waals surface area contributed by atoms with Gasteiger partial charge in [-0.2, -0.15) is 0 Å². The van der Waals surface area contributed by atoms with Crippen molar-refractivity contribution in [1.29, 1.82) is 0 Å². The van der Waals surface area contributed by atoms with Crippen LogP contribution < -0.4 is 0 Å². The molecule has 17 nitrogen and oxygen atoms in total. The fourth-order valence-electron chi connectivity index (χ4n) is 0. The molecule has 22 heteroatoms. The van der Waals surface area contributed by atoms with E-state index in [1.54, 1.807) is 0 Å². The van der Waals surface area contributed by atoms with E-state index in [2.05, 4.69) is 0 Å². The van der Waals surface area contributed by atoms with Gasteiger partial charge in [0, 0.05) is 31.2 Å². The second-order valence-electron chi connectivity index (χ2n) is 1.22. The van der Waals surface area contributed by atoms with E-state index in [-0.39, 0.29) is 79.1 Å². The van der Waals surface area contributed by atoms with Crippen LogP contribution in [-0.4, -0.2) is 132 Å². The van der Waals surface area contributed by atoms with Crippen LogP contribution in [0.5, 0.6) is 0 Å². The van der Waals surface area contributed by atoms with Crippen molar-refractivity contribution >= 4 is 82.9 Å². The average Bonchev–Trinajstić information content (AvgIpc) is 1.41. The summed E-state index contributed by atoms with van der Waals surface area (Å²) >= 11 is 0. The summed E-state index contributed by atoms with van der Waals surface area (Å²) < 4.78 is 102. The summed E-state index contributed by atoms with van der Waals surface area (Å²) in [5.74, 6) is 0. The monoisotopic (exact) mass is 608 g/mol. The summed E-state index contributed by atoms with van der Waals surface area (Å²) in [5, 5.41) is 0. The molecule has 0 fully saturated rings. The average molecular weight is 608 g/mol. The molecule has 0 spiro atoms. The van der Waals surface area contributed by atoms with E-state index in [1.165, 1.54) is 0 Å². The Labute approximate surface area is 162 Å². The molecule has 0 heterocycles. The molecule has 22 heavy (non-hydrogen) atoms. The van der Waals surface area contributed by atoms with Crippen molar-refractivity contribution < 1.29 is 80.0 Å². The fraction of sp³-hybridized carbons (Fsp3) is 0. The summed E-state index contributed by atoms with van der Waals surface area (Å²) in [4.78, 5) is 0. The van der Waals surface area contributed by atoms with Gasteiger partial charge in [0.15, 0.2) is 0 Å². The van der Waals surface area contributed by atoms with Crippen molar-refractivity contribution in [3.63, 3.8) is 0 Å². The van der Waals surface area contributed by atoms with Crippen LogP contribution >= 0.6 is 0 Å². The van der Waals surface area contributed by atoms with E-state index in [1.807, 2.05) is 0 Å². The first-order valence-electron chi connectivity index (χ1n) is 2.00. The van der Waals surface area contributed by atoms with Gasteiger partial charge in [0.25, 0.3) is 0 Å². The van der Waals surface area contributed by atoms with Crippen molar-refractivity contribution in [2.75, 3.05) is 0 Å². The largest absolute Gasteiger partial charge is 3.00 e. The zero-order valence-electron chi connectivity index (χ0n) is 9.78. The summed E-state index contributed by atoms with van der Waals surface area (Å²) in [7, 11) is -15.5. The molecule has 0 aliphatic carbocycles. The number of hydrogen-bond acceptors (Lipinski definition) is 12. The molecule has 0 saturated heterocycles. The molecule has 0 aromatic carbocycles. The Morgan fingerprint density at radius 2 is 0.364 bits per heavy atom. The van der Waals surface area contributed by atoms with Crippen molar-refractivity contribution in [3.8, 4) is 0 Å². The first-order chi connectivity index (χ1) is 6.00. The molecule has 0 saturated carbocycles. The normalized spacial score (nSPS) is 7.91. The van der Waals surface area contributed by atoms with Gasteiger partial charge in [-0.05, 0) is 0 Å². The van der Waals surface area contributed by atoms with Gasteiger partial charge in [-0.15, -0.1) is 0 Å². The van der Waals surface area contributed by atoms with Crippen LogP contribution in [0.3, 0.4) is 0 Å². The van der Waals surface area contributed by atoms with E-state index < -0.39 is 31.2 Å². The van der Waals surface area contributed by atoms with Crippen molar-refractivity contribution in [2.45, 2.75) is 0 Å². The SMILES string of the molecule is O.O.O.O.O.O=S(=O)([O-])[O-].O=S(=O)([O-])[O-].O=S(=O)([O-])[O-].[In+3].[In+3]. The maximum atomic E-state index is 8.52. The molecule has 0 rings (SSSR count). The van der Waals surface area contributed by atoms with E-state index in [4.69, 9.17) is 52.6 Å². The molecular formula is H10In2O17S3. The minimum absolute atomic E-state index is 0. The van der Waals surface area contributed by atoms with Crippen molar-refractivity contribution in [1.82, 2.24) is 0 Å². The molecule has 0 aliphatic heterocycles. The van der Waals surface area contributed by atoms with Gasteiger partial charge >= 0.3 is 51.7 Å². The molecule has 0 aromatic rings. The first kappa shape index (κ1) is 65.7. The van der Waals surface area contributed by atoms with Crippen LogP contribution in [0.1, 0.15) is 0 Å². The van der Waals surface area contributed by atoms with E-state index in [0.29, 0.717) is 0 Å². The molecule has 10 N–H and O–H groups in total. The van der Waals surface area contributed by atoms with Crippen LogP contribution in [0.2, 0.25) is 0 Å². The van der Waals surface area contributed by atoms with Crippen LogP contribution in [0.15, 0.2) is 0 Å². The quantitative estimate of drug-likeness (QED) is 0.183. The van der Waals surface area contributed by atoms with Crippen molar-refractivity contribution in [2.24, 2.45) is 0 Å². The minimum atomic E-state index is -5.17. The van der Waals surface area contributed by atoms with Crippen LogP contribution in [0.4, 0.5) is 0 Å². The van der Waals surface area contributed by atoms with Gasteiger partial charge in [-0.1, -0.05) is 0 Å². The molecule has 0 radical (unpaired) electrons. The molecular weight excluding hydrogens is 598 g/mol. The summed E-state index contributed by atoms with van der Waals surface area (Å²) in [6.45, 7) is 0. The third-order valence-corrected chi connectivity index (χ3v) is 0. The summed E-state index contributed by atoms with van der Waals surface area (Å²) in [5.41, 5.74) is 0. The molecule has 0 aromatic heterocycles. The second kappa shape index (κ2) is 27.0. The van der Waals surface area contributed by atoms with Gasteiger partial charge in [-0.25, -0.2) is 0 Å².